The lowest BCUT2D eigenvalue weighted by atomic mass is 10.1. The fourth-order valence-electron chi connectivity index (χ4n) is 2.56. The van der Waals surface area contributed by atoms with E-state index >= 15 is 0 Å². The lowest BCUT2D eigenvalue weighted by Crippen LogP contribution is -2.42. The van der Waals surface area contributed by atoms with Crippen molar-refractivity contribution in [2.24, 2.45) is 0 Å². The van der Waals surface area contributed by atoms with Crippen LogP contribution in [0.2, 0.25) is 0 Å². The Morgan fingerprint density at radius 1 is 1.52 bits per heavy atom. The maximum absolute atomic E-state index is 12.5. The van der Waals surface area contributed by atoms with E-state index in [4.69, 9.17) is 9.84 Å². The number of phenols is 1. The van der Waals surface area contributed by atoms with Crippen LogP contribution in [0.3, 0.4) is 0 Å². The number of aromatic hydroxyl groups is 1. The van der Waals surface area contributed by atoms with Gasteiger partial charge in [-0.2, -0.15) is 0 Å². The number of aliphatic hydroxyl groups is 1. The maximum Gasteiger partial charge on any atom is 0.257 e. The van der Waals surface area contributed by atoms with Crippen LogP contribution in [0.1, 0.15) is 23.2 Å². The molecule has 116 valence electrons. The van der Waals surface area contributed by atoms with Crippen LogP contribution in [0.4, 0.5) is 0 Å². The summed E-state index contributed by atoms with van der Waals surface area (Å²) in [6, 6.07) is 4.85. The van der Waals surface area contributed by atoms with Crippen molar-refractivity contribution in [2.75, 3.05) is 33.4 Å². The van der Waals surface area contributed by atoms with E-state index in [0.717, 1.165) is 19.4 Å². The molecule has 1 aromatic carbocycles. The highest BCUT2D eigenvalue weighted by atomic mass is 16.5. The smallest absolute Gasteiger partial charge is 0.257 e. The zero-order chi connectivity index (χ0) is 15.2. The molecule has 1 unspecified atom stereocenters. The first-order valence-electron chi connectivity index (χ1n) is 7.16. The Balaban J connectivity index is 2.13. The van der Waals surface area contributed by atoms with Crippen LogP contribution in [0, 0.1) is 0 Å². The predicted molar refractivity (Wildman–Crippen MR) is 78.7 cm³/mol. The van der Waals surface area contributed by atoms with Gasteiger partial charge in [-0.3, -0.25) is 4.79 Å². The molecule has 6 heteroatoms. The third-order valence-corrected chi connectivity index (χ3v) is 3.70. The average Bonchev–Trinajstić information content (AvgIpc) is 2.99. The Morgan fingerprint density at radius 3 is 2.90 bits per heavy atom. The number of hydrogen-bond acceptors (Lipinski definition) is 5. The number of phenolic OH excluding ortho intramolecular Hbond substituents is 1. The van der Waals surface area contributed by atoms with Crippen molar-refractivity contribution in [3.8, 4) is 11.5 Å². The molecule has 1 saturated heterocycles. The minimum atomic E-state index is -0.280. The molecule has 1 aromatic rings. The summed E-state index contributed by atoms with van der Waals surface area (Å²) in [7, 11) is 1.50. The minimum Gasteiger partial charge on any atom is -0.507 e. The van der Waals surface area contributed by atoms with E-state index in [2.05, 4.69) is 5.32 Å². The van der Waals surface area contributed by atoms with E-state index in [1.807, 2.05) is 0 Å². The van der Waals surface area contributed by atoms with Gasteiger partial charge in [0.1, 0.15) is 11.5 Å². The van der Waals surface area contributed by atoms with Gasteiger partial charge in [-0.15, -0.1) is 0 Å². The Morgan fingerprint density at radius 2 is 2.33 bits per heavy atom. The number of rotatable bonds is 6. The van der Waals surface area contributed by atoms with E-state index in [9.17, 15) is 9.90 Å². The molecule has 21 heavy (non-hydrogen) atoms. The fourth-order valence-corrected chi connectivity index (χ4v) is 2.56. The Bertz CT molecular complexity index is 487. The number of hydrogen-bond donors (Lipinski definition) is 3. The van der Waals surface area contributed by atoms with Gasteiger partial charge in [-0.05, 0) is 31.5 Å². The van der Waals surface area contributed by atoms with Crippen LogP contribution < -0.4 is 10.1 Å². The third-order valence-electron chi connectivity index (χ3n) is 3.70. The van der Waals surface area contributed by atoms with Gasteiger partial charge in [-0.1, -0.05) is 0 Å². The molecular weight excluding hydrogens is 272 g/mol. The van der Waals surface area contributed by atoms with Gasteiger partial charge in [0.2, 0.25) is 0 Å². The summed E-state index contributed by atoms with van der Waals surface area (Å²) in [5.41, 5.74) is 0.224. The molecule has 1 aliphatic heterocycles. The molecule has 0 bridgehead atoms. The molecule has 1 atom stereocenters. The average molecular weight is 294 g/mol. The van der Waals surface area contributed by atoms with Gasteiger partial charge in [0.15, 0.2) is 0 Å². The highest BCUT2D eigenvalue weighted by molar-refractivity contribution is 5.97. The van der Waals surface area contributed by atoms with E-state index in [1.165, 1.54) is 13.2 Å². The molecule has 1 fully saturated rings. The Labute approximate surface area is 124 Å². The van der Waals surface area contributed by atoms with Crippen LogP contribution in [0.5, 0.6) is 11.5 Å². The SMILES string of the molecule is COc1ccc(C(=O)N(CCO)CC2CCCN2)c(O)c1. The van der Waals surface area contributed by atoms with Gasteiger partial charge in [-0.25, -0.2) is 0 Å². The summed E-state index contributed by atoms with van der Waals surface area (Å²) in [6.45, 7) is 1.64. The highest BCUT2D eigenvalue weighted by Crippen LogP contribution is 2.25. The number of nitrogens with one attached hydrogen (secondary N) is 1. The van der Waals surface area contributed by atoms with Gasteiger partial charge < -0.3 is 25.2 Å². The van der Waals surface area contributed by atoms with Crippen molar-refractivity contribution in [3.63, 3.8) is 0 Å². The zero-order valence-electron chi connectivity index (χ0n) is 12.2. The van der Waals surface area contributed by atoms with Gasteiger partial charge in [0.25, 0.3) is 5.91 Å². The van der Waals surface area contributed by atoms with Gasteiger partial charge in [0, 0.05) is 25.2 Å². The van der Waals surface area contributed by atoms with Crippen molar-refractivity contribution in [1.29, 1.82) is 0 Å². The summed E-state index contributed by atoms with van der Waals surface area (Å²) in [4.78, 5) is 14.1. The van der Waals surface area contributed by atoms with Crippen molar-refractivity contribution < 1.29 is 19.7 Å². The van der Waals surface area contributed by atoms with Crippen molar-refractivity contribution in [2.45, 2.75) is 18.9 Å². The van der Waals surface area contributed by atoms with Crippen LogP contribution in [-0.4, -0.2) is 60.4 Å². The summed E-state index contributed by atoms with van der Waals surface area (Å²) < 4.78 is 5.01. The third kappa shape index (κ3) is 3.86. The number of benzene rings is 1. The molecular formula is C15H22N2O4. The van der Waals surface area contributed by atoms with Crippen LogP contribution in [0.25, 0.3) is 0 Å². The Hall–Kier alpha value is -1.79. The molecule has 0 spiro atoms. The van der Waals surface area contributed by atoms with Crippen LogP contribution in [-0.2, 0) is 0 Å². The topological polar surface area (TPSA) is 82.0 Å². The first-order valence-corrected chi connectivity index (χ1v) is 7.16. The predicted octanol–water partition coefficient (Wildman–Crippen LogP) is 0.587. The zero-order valence-corrected chi connectivity index (χ0v) is 12.2. The Kier molecular flexibility index (Phi) is 5.41. The van der Waals surface area contributed by atoms with Gasteiger partial charge in [0.05, 0.1) is 19.3 Å². The van der Waals surface area contributed by atoms with Crippen molar-refractivity contribution in [3.05, 3.63) is 23.8 Å². The van der Waals surface area contributed by atoms with Gasteiger partial charge >= 0.3 is 0 Å². The highest BCUT2D eigenvalue weighted by Gasteiger charge is 2.23. The summed E-state index contributed by atoms with van der Waals surface area (Å²) in [5.74, 6) is 0.106. The molecule has 2 rings (SSSR count). The number of nitrogens with zero attached hydrogens (tertiary/aromatic N) is 1. The monoisotopic (exact) mass is 294 g/mol. The van der Waals surface area contributed by atoms with Crippen molar-refractivity contribution in [1.82, 2.24) is 10.2 Å². The maximum atomic E-state index is 12.5. The number of amides is 1. The summed E-state index contributed by atoms with van der Waals surface area (Å²) >= 11 is 0. The molecule has 0 radical (unpaired) electrons. The van der Waals surface area contributed by atoms with Crippen molar-refractivity contribution >= 4 is 5.91 Å². The standard InChI is InChI=1S/C15H22N2O4/c1-21-12-4-5-13(14(19)9-12)15(20)17(7-8-18)10-11-3-2-6-16-11/h4-5,9,11,16,18-19H,2-3,6-8,10H2,1H3. The first kappa shape index (κ1) is 15.6. The number of aliphatic hydroxyl groups excluding tert-OH is 1. The fraction of sp³-hybridized carbons (Fsp3) is 0.533. The molecule has 0 saturated carbocycles. The van der Waals surface area contributed by atoms with E-state index < -0.39 is 0 Å². The number of carbonyl (C=O) groups is 1. The largest absolute Gasteiger partial charge is 0.507 e. The van der Waals surface area contributed by atoms with Crippen LogP contribution >= 0.6 is 0 Å². The minimum absolute atomic E-state index is 0.102. The normalized spacial score (nSPS) is 17.7. The second-order valence-corrected chi connectivity index (χ2v) is 5.15. The second kappa shape index (κ2) is 7.28. The second-order valence-electron chi connectivity index (χ2n) is 5.15. The molecule has 1 amide bonds. The lowest BCUT2D eigenvalue weighted by Gasteiger charge is -2.25. The quantitative estimate of drug-likeness (QED) is 0.715. The summed E-state index contributed by atoms with van der Waals surface area (Å²) in [6.07, 6.45) is 2.11. The number of carbonyl (C=O) groups excluding carboxylic acids is 1. The molecule has 6 nitrogen and oxygen atoms in total. The van der Waals surface area contributed by atoms with E-state index in [-0.39, 0.29) is 36.4 Å². The van der Waals surface area contributed by atoms with Crippen LogP contribution in [0.15, 0.2) is 18.2 Å². The van der Waals surface area contributed by atoms with E-state index in [0.29, 0.717) is 12.3 Å². The molecule has 1 aliphatic rings. The number of ether oxygens (including phenoxy) is 1. The lowest BCUT2D eigenvalue weighted by molar-refractivity contribution is 0.0703. The molecule has 3 N–H and O–H groups in total. The first-order chi connectivity index (χ1) is 10.2. The number of methoxy groups -OCH3 is 1. The van der Waals surface area contributed by atoms with E-state index in [1.54, 1.807) is 17.0 Å². The molecule has 0 aromatic heterocycles. The summed E-state index contributed by atoms with van der Waals surface area (Å²) in [5, 5.41) is 22.5. The molecule has 1 heterocycles. The molecule has 0 aliphatic carbocycles.